The van der Waals surface area contributed by atoms with E-state index in [0.29, 0.717) is 6.54 Å². The minimum absolute atomic E-state index is 0.105. The molecule has 0 saturated carbocycles. The van der Waals surface area contributed by atoms with Crippen LogP contribution in [-0.2, 0) is 17.8 Å². The van der Waals surface area contributed by atoms with Crippen molar-refractivity contribution in [2.24, 2.45) is 0 Å². The Kier molecular flexibility index (Phi) is 6.00. The highest BCUT2D eigenvalue weighted by atomic mass is 32.1. The van der Waals surface area contributed by atoms with Crippen molar-refractivity contribution in [1.82, 2.24) is 4.98 Å². The number of hydrogen-bond donors (Lipinski definition) is 3. The van der Waals surface area contributed by atoms with Crippen LogP contribution in [0.1, 0.15) is 17.5 Å². The number of anilines is 1. The van der Waals surface area contributed by atoms with Gasteiger partial charge in [0.1, 0.15) is 37.7 Å². The summed E-state index contributed by atoms with van der Waals surface area (Å²) in [5.74, 6) is 0.105. The fourth-order valence-electron chi connectivity index (χ4n) is 3.78. The molecular weight excluding hydrogens is 368 g/mol. The minimum atomic E-state index is 0.105. The van der Waals surface area contributed by atoms with Gasteiger partial charge >= 0.3 is 0 Å². The van der Waals surface area contributed by atoms with Crippen LogP contribution in [0.15, 0.2) is 48.5 Å². The number of nitrogens with one attached hydrogen (secondary N) is 3. The van der Waals surface area contributed by atoms with E-state index in [1.807, 2.05) is 18.2 Å². The number of para-hydroxylation sites is 1. The molecule has 0 bridgehead atoms. The Hall–Kier alpha value is -2.28. The van der Waals surface area contributed by atoms with Gasteiger partial charge in [-0.3, -0.25) is 4.79 Å². The van der Waals surface area contributed by atoms with E-state index in [9.17, 15) is 4.79 Å². The lowest BCUT2D eigenvalue weighted by Gasteiger charge is -2.28. The van der Waals surface area contributed by atoms with Crippen molar-refractivity contribution in [3.63, 3.8) is 0 Å². The van der Waals surface area contributed by atoms with E-state index in [4.69, 9.17) is 4.98 Å². The van der Waals surface area contributed by atoms with E-state index in [2.05, 4.69) is 42.6 Å². The number of hydrogen-bond acceptors (Lipinski definition) is 3. The topological polar surface area (TPSA) is 50.9 Å². The standard InChI is InChI=1S/C22H26N4OS/c1-2-17-7-9-18(10-8-17)23-21(27)15-25-11-13-26(14-12-25)16-22-24-19-5-3-4-6-20(19)28-22/h3-10H,2,11-16H2,1H3,(H,23,27)/p+2. The molecule has 0 radical (unpaired) electrons. The second kappa shape index (κ2) is 8.82. The average molecular weight is 397 g/mol. The monoisotopic (exact) mass is 396 g/mol. The number of piperazine rings is 1. The summed E-state index contributed by atoms with van der Waals surface area (Å²) in [4.78, 5) is 20.1. The molecule has 2 aromatic carbocycles. The molecule has 4 rings (SSSR count). The van der Waals surface area contributed by atoms with Crippen LogP contribution < -0.4 is 15.1 Å². The van der Waals surface area contributed by atoms with E-state index >= 15 is 0 Å². The van der Waals surface area contributed by atoms with E-state index in [-0.39, 0.29) is 5.91 Å². The van der Waals surface area contributed by atoms with Crippen LogP contribution in [0.3, 0.4) is 0 Å². The van der Waals surface area contributed by atoms with E-state index in [0.717, 1.165) is 50.3 Å². The van der Waals surface area contributed by atoms with Crippen molar-refractivity contribution in [2.75, 3.05) is 38.0 Å². The number of rotatable bonds is 6. The minimum Gasteiger partial charge on any atom is -0.321 e. The zero-order valence-corrected chi connectivity index (χ0v) is 17.1. The maximum atomic E-state index is 12.4. The lowest BCUT2D eigenvalue weighted by molar-refractivity contribution is -1.01. The molecule has 0 unspecified atom stereocenters. The average Bonchev–Trinajstić information content (AvgIpc) is 3.12. The number of nitrogens with zero attached hydrogens (tertiary/aromatic N) is 1. The summed E-state index contributed by atoms with van der Waals surface area (Å²) >= 11 is 1.80. The highest BCUT2D eigenvalue weighted by Crippen LogP contribution is 2.20. The molecule has 0 atom stereocenters. The molecular formula is C22H28N4OS+2. The van der Waals surface area contributed by atoms with Gasteiger partial charge in [-0.15, -0.1) is 11.3 Å². The summed E-state index contributed by atoms with van der Waals surface area (Å²) in [5, 5.41) is 4.25. The highest BCUT2D eigenvalue weighted by molar-refractivity contribution is 7.18. The van der Waals surface area contributed by atoms with E-state index in [1.165, 1.54) is 20.2 Å². The van der Waals surface area contributed by atoms with Gasteiger partial charge in [0.15, 0.2) is 6.54 Å². The molecule has 1 aliphatic heterocycles. The molecule has 1 aromatic heterocycles. The number of benzene rings is 2. The summed E-state index contributed by atoms with van der Waals surface area (Å²) in [6.07, 6.45) is 1.02. The quantitative estimate of drug-likeness (QED) is 0.577. The number of aryl methyl sites for hydroxylation is 1. The number of fused-ring (bicyclic) bond motifs is 1. The largest absolute Gasteiger partial charge is 0.321 e. The molecule has 1 amide bonds. The lowest BCUT2D eigenvalue weighted by atomic mass is 10.1. The second-order valence-electron chi connectivity index (χ2n) is 7.53. The Morgan fingerprint density at radius 2 is 1.75 bits per heavy atom. The van der Waals surface area contributed by atoms with Crippen LogP contribution in [-0.4, -0.2) is 43.6 Å². The Morgan fingerprint density at radius 3 is 2.46 bits per heavy atom. The van der Waals surface area contributed by atoms with Crippen molar-refractivity contribution in [3.8, 4) is 0 Å². The number of quaternary nitrogens is 2. The molecule has 6 heteroatoms. The van der Waals surface area contributed by atoms with Crippen LogP contribution >= 0.6 is 11.3 Å². The highest BCUT2D eigenvalue weighted by Gasteiger charge is 2.25. The molecule has 1 fully saturated rings. The Balaban J connectivity index is 1.23. The first-order chi connectivity index (χ1) is 13.7. The molecule has 5 nitrogen and oxygen atoms in total. The third kappa shape index (κ3) is 4.76. The maximum absolute atomic E-state index is 12.4. The van der Waals surface area contributed by atoms with Gasteiger partial charge in [0.25, 0.3) is 5.91 Å². The van der Waals surface area contributed by atoms with Gasteiger partial charge in [-0.25, -0.2) is 4.98 Å². The summed E-state index contributed by atoms with van der Waals surface area (Å²) in [7, 11) is 0. The molecule has 2 heterocycles. The van der Waals surface area contributed by atoms with Crippen LogP contribution in [0, 0.1) is 0 Å². The molecule has 3 aromatic rings. The number of carbonyl (C=O) groups is 1. The lowest BCUT2D eigenvalue weighted by Crippen LogP contribution is -3.28. The van der Waals surface area contributed by atoms with Crippen LogP contribution in [0.2, 0.25) is 0 Å². The van der Waals surface area contributed by atoms with Crippen molar-refractivity contribution < 1.29 is 14.6 Å². The summed E-state index contributed by atoms with van der Waals surface area (Å²) < 4.78 is 1.27. The molecule has 146 valence electrons. The van der Waals surface area contributed by atoms with Crippen molar-refractivity contribution in [1.29, 1.82) is 0 Å². The summed E-state index contributed by atoms with van der Waals surface area (Å²) in [6.45, 7) is 7.90. The SMILES string of the molecule is CCc1ccc(NC(=O)C[NH+]2CC[NH+](Cc3nc4ccccc4s3)CC2)cc1. The zero-order valence-electron chi connectivity index (χ0n) is 16.3. The Bertz CT molecular complexity index is 896. The predicted octanol–water partition coefficient (Wildman–Crippen LogP) is 0.781. The van der Waals surface area contributed by atoms with Gasteiger partial charge < -0.3 is 15.1 Å². The molecule has 1 saturated heterocycles. The van der Waals surface area contributed by atoms with Gasteiger partial charge in [0.2, 0.25) is 0 Å². The molecule has 0 aliphatic carbocycles. The number of carbonyl (C=O) groups excluding carboxylic acids is 1. The summed E-state index contributed by atoms with van der Waals surface area (Å²) in [6, 6.07) is 16.5. The smallest absolute Gasteiger partial charge is 0.279 e. The van der Waals surface area contributed by atoms with Crippen LogP contribution in [0.5, 0.6) is 0 Å². The molecule has 28 heavy (non-hydrogen) atoms. The fourth-order valence-corrected chi connectivity index (χ4v) is 4.82. The first-order valence-corrected chi connectivity index (χ1v) is 10.9. The molecule has 0 spiro atoms. The van der Waals surface area contributed by atoms with Gasteiger partial charge in [-0.1, -0.05) is 31.2 Å². The number of aromatic nitrogens is 1. The third-order valence-corrected chi connectivity index (χ3v) is 6.50. The van der Waals surface area contributed by atoms with Gasteiger partial charge in [0, 0.05) is 5.69 Å². The van der Waals surface area contributed by atoms with Gasteiger partial charge in [-0.05, 0) is 36.2 Å². The second-order valence-corrected chi connectivity index (χ2v) is 8.64. The van der Waals surface area contributed by atoms with Crippen molar-refractivity contribution >= 4 is 33.1 Å². The van der Waals surface area contributed by atoms with Crippen molar-refractivity contribution in [2.45, 2.75) is 19.9 Å². The maximum Gasteiger partial charge on any atom is 0.279 e. The first kappa shape index (κ1) is 19.1. The molecule has 1 aliphatic rings. The van der Waals surface area contributed by atoms with Crippen molar-refractivity contribution in [3.05, 3.63) is 59.1 Å². The van der Waals surface area contributed by atoms with E-state index < -0.39 is 0 Å². The Morgan fingerprint density at radius 1 is 1.04 bits per heavy atom. The van der Waals surface area contributed by atoms with Crippen LogP contribution in [0.4, 0.5) is 5.69 Å². The first-order valence-electron chi connectivity index (χ1n) is 10.1. The zero-order chi connectivity index (χ0) is 19.3. The van der Waals surface area contributed by atoms with Gasteiger partial charge in [0.05, 0.1) is 10.2 Å². The number of thiazole rings is 1. The van der Waals surface area contributed by atoms with Gasteiger partial charge in [-0.2, -0.15) is 0 Å². The molecule has 3 N–H and O–H groups in total. The Labute approximate surface area is 170 Å². The fraction of sp³-hybridized carbons (Fsp3) is 0.364. The third-order valence-electron chi connectivity index (χ3n) is 5.46. The van der Waals surface area contributed by atoms with E-state index in [1.54, 1.807) is 16.2 Å². The normalized spacial score (nSPS) is 19.6. The van der Waals surface area contributed by atoms with Crippen LogP contribution in [0.25, 0.3) is 10.2 Å². The summed E-state index contributed by atoms with van der Waals surface area (Å²) in [5.41, 5.74) is 3.28. The predicted molar refractivity (Wildman–Crippen MR) is 114 cm³/mol. The number of amides is 1.